The van der Waals surface area contributed by atoms with Crippen LogP contribution in [0.15, 0.2) is 18.2 Å². The van der Waals surface area contributed by atoms with Crippen LogP contribution in [0, 0.1) is 10.1 Å². The van der Waals surface area contributed by atoms with Crippen LogP contribution >= 0.6 is 11.6 Å². The van der Waals surface area contributed by atoms with Gasteiger partial charge < -0.3 is 5.32 Å². The van der Waals surface area contributed by atoms with Gasteiger partial charge in [0.2, 0.25) is 0 Å². The van der Waals surface area contributed by atoms with Crippen LogP contribution in [0.1, 0.15) is 18.4 Å². The number of nitrogens with one attached hydrogen (secondary N) is 1. The number of halogens is 1. The molecule has 1 heterocycles. The molecule has 0 aromatic heterocycles. The van der Waals surface area contributed by atoms with Crippen molar-refractivity contribution in [1.82, 2.24) is 10.2 Å². The molecule has 0 spiro atoms. The van der Waals surface area contributed by atoms with Gasteiger partial charge in [-0.2, -0.15) is 0 Å². The highest BCUT2D eigenvalue weighted by molar-refractivity contribution is 6.31. The van der Waals surface area contributed by atoms with Crippen molar-refractivity contribution < 1.29 is 4.92 Å². The molecule has 19 heavy (non-hydrogen) atoms. The maximum atomic E-state index is 10.7. The summed E-state index contributed by atoms with van der Waals surface area (Å²) in [5.74, 6) is 0. The van der Waals surface area contributed by atoms with Crippen LogP contribution in [-0.2, 0) is 6.54 Å². The van der Waals surface area contributed by atoms with E-state index in [0.29, 0.717) is 11.1 Å². The van der Waals surface area contributed by atoms with Crippen LogP contribution in [0.4, 0.5) is 5.69 Å². The van der Waals surface area contributed by atoms with Crippen molar-refractivity contribution in [2.75, 3.05) is 20.1 Å². The summed E-state index contributed by atoms with van der Waals surface area (Å²) in [6, 6.07) is 5.30. The monoisotopic (exact) mass is 283 g/mol. The van der Waals surface area contributed by atoms with E-state index in [-0.39, 0.29) is 5.69 Å². The highest BCUT2D eigenvalue weighted by Crippen LogP contribution is 2.24. The molecule has 104 valence electrons. The van der Waals surface area contributed by atoms with Gasteiger partial charge in [0.05, 0.1) is 9.95 Å². The fraction of sp³-hybridized carbons (Fsp3) is 0.538. The number of piperidine rings is 1. The van der Waals surface area contributed by atoms with E-state index in [4.69, 9.17) is 11.6 Å². The first-order valence-corrected chi connectivity index (χ1v) is 6.80. The number of hydrogen-bond donors (Lipinski definition) is 1. The van der Waals surface area contributed by atoms with Crippen molar-refractivity contribution in [2.24, 2.45) is 0 Å². The Morgan fingerprint density at radius 1 is 1.47 bits per heavy atom. The van der Waals surface area contributed by atoms with E-state index in [9.17, 15) is 10.1 Å². The van der Waals surface area contributed by atoms with Gasteiger partial charge in [-0.05, 0) is 44.6 Å². The standard InChI is InChI=1S/C13H18ClN3O2/c1-15-11-4-6-16(7-5-11)9-10-2-3-12(17(18)19)8-13(10)14/h2-3,8,11,15H,4-7,9H2,1H3. The first-order valence-electron chi connectivity index (χ1n) is 6.42. The number of hydrogen-bond acceptors (Lipinski definition) is 4. The Balaban J connectivity index is 1.98. The lowest BCUT2D eigenvalue weighted by Gasteiger charge is -2.31. The van der Waals surface area contributed by atoms with Gasteiger partial charge in [-0.25, -0.2) is 0 Å². The predicted octanol–water partition coefficient (Wildman–Crippen LogP) is 2.43. The maximum absolute atomic E-state index is 10.7. The Bertz CT molecular complexity index is 459. The van der Waals surface area contributed by atoms with Gasteiger partial charge in [0.25, 0.3) is 5.69 Å². The minimum atomic E-state index is -0.423. The minimum Gasteiger partial charge on any atom is -0.317 e. The maximum Gasteiger partial charge on any atom is 0.270 e. The summed E-state index contributed by atoms with van der Waals surface area (Å²) in [5, 5.41) is 14.4. The average molecular weight is 284 g/mol. The zero-order valence-electron chi connectivity index (χ0n) is 10.9. The molecule has 1 fully saturated rings. The van der Waals surface area contributed by atoms with E-state index in [0.717, 1.165) is 38.0 Å². The normalized spacial score (nSPS) is 17.6. The quantitative estimate of drug-likeness (QED) is 0.681. The van der Waals surface area contributed by atoms with Crippen LogP contribution in [0.3, 0.4) is 0 Å². The van der Waals surface area contributed by atoms with Crippen molar-refractivity contribution in [2.45, 2.75) is 25.4 Å². The first-order chi connectivity index (χ1) is 9.10. The molecule has 0 radical (unpaired) electrons. The molecule has 1 aliphatic heterocycles. The fourth-order valence-electron chi connectivity index (χ4n) is 2.40. The molecule has 0 amide bonds. The molecule has 6 heteroatoms. The van der Waals surface area contributed by atoms with E-state index in [1.807, 2.05) is 7.05 Å². The topological polar surface area (TPSA) is 58.4 Å². The number of likely N-dealkylation sites (tertiary alicyclic amines) is 1. The second kappa shape index (κ2) is 6.32. The van der Waals surface area contributed by atoms with Gasteiger partial charge in [0.15, 0.2) is 0 Å². The van der Waals surface area contributed by atoms with E-state index >= 15 is 0 Å². The molecule has 0 atom stereocenters. The Hall–Kier alpha value is -1.17. The molecule has 0 saturated carbocycles. The highest BCUT2D eigenvalue weighted by Gasteiger charge is 2.19. The van der Waals surface area contributed by atoms with Crippen LogP contribution in [0.5, 0.6) is 0 Å². The number of non-ortho nitro benzene ring substituents is 1. The largest absolute Gasteiger partial charge is 0.317 e. The Morgan fingerprint density at radius 2 is 2.16 bits per heavy atom. The number of nitro benzene ring substituents is 1. The molecular formula is C13H18ClN3O2. The number of benzene rings is 1. The summed E-state index contributed by atoms with van der Waals surface area (Å²) in [5.41, 5.74) is 0.998. The Labute approximate surface area is 117 Å². The molecule has 1 N–H and O–H groups in total. The lowest BCUT2D eigenvalue weighted by atomic mass is 10.0. The summed E-state index contributed by atoms with van der Waals surface area (Å²) in [6.07, 6.45) is 2.25. The van der Waals surface area contributed by atoms with E-state index < -0.39 is 4.92 Å². The summed E-state index contributed by atoms with van der Waals surface area (Å²) in [4.78, 5) is 12.6. The smallest absolute Gasteiger partial charge is 0.270 e. The highest BCUT2D eigenvalue weighted by atomic mass is 35.5. The third-order valence-electron chi connectivity index (χ3n) is 3.64. The van der Waals surface area contributed by atoms with Gasteiger partial charge in [-0.3, -0.25) is 15.0 Å². The van der Waals surface area contributed by atoms with Crippen molar-refractivity contribution in [3.05, 3.63) is 38.9 Å². The van der Waals surface area contributed by atoms with E-state index in [1.54, 1.807) is 6.07 Å². The van der Waals surface area contributed by atoms with Gasteiger partial charge in [0.1, 0.15) is 0 Å². The average Bonchev–Trinajstić information content (AvgIpc) is 2.41. The second-order valence-corrected chi connectivity index (χ2v) is 5.28. The molecule has 1 aromatic rings. The molecule has 1 saturated heterocycles. The third-order valence-corrected chi connectivity index (χ3v) is 3.99. The summed E-state index contributed by atoms with van der Waals surface area (Å²) < 4.78 is 0. The van der Waals surface area contributed by atoms with Gasteiger partial charge in [-0.1, -0.05) is 11.6 Å². The summed E-state index contributed by atoms with van der Waals surface area (Å²) in [6.45, 7) is 2.81. The Kier molecular flexibility index (Phi) is 4.74. The lowest BCUT2D eigenvalue weighted by Crippen LogP contribution is -2.40. The molecule has 1 aromatic carbocycles. The SMILES string of the molecule is CNC1CCN(Cc2ccc([N+](=O)[O-])cc2Cl)CC1. The zero-order chi connectivity index (χ0) is 13.8. The van der Waals surface area contributed by atoms with Crippen LogP contribution in [-0.4, -0.2) is 36.0 Å². The first kappa shape index (κ1) is 14.2. The van der Waals surface area contributed by atoms with Gasteiger partial charge >= 0.3 is 0 Å². The van der Waals surface area contributed by atoms with E-state index in [1.165, 1.54) is 12.1 Å². The van der Waals surface area contributed by atoms with Crippen molar-refractivity contribution >= 4 is 17.3 Å². The molecule has 2 rings (SSSR count). The van der Waals surface area contributed by atoms with Crippen molar-refractivity contribution in [3.63, 3.8) is 0 Å². The summed E-state index contributed by atoms with van der Waals surface area (Å²) >= 11 is 6.11. The minimum absolute atomic E-state index is 0.0441. The molecular weight excluding hydrogens is 266 g/mol. The van der Waals surface area contributed by atoms with Gasteiger partial charge in [-0.15, -0.1) is 0 Å². The molecule has 0 bridgehead atoms. The third kappa shape index (κ3) is 3.65. The Morgan fingerprint density at radius 3 is 2.68 bits per heavy atom. The van der Waals surface area contributed by atoms with E-state index in [2.05, 4.69) is 10.2 Å². The van der Waals surface area contributed by atoms with Crippen LogP contribution in [0.25, 0.3) is 0 Å². The second-order valence-electron chi connectivity index (χ2n) is 4.87. The summed E-state index contributed by atoms with van der Waals surface area (Å²) in [7, 11) is 1.99. The molecule has 0 aliphatic carbocycles. The van der Waals surface area contributed by atoms with Crippen LogP contribution in [0.2, 0.25) is 5.02 Å². The van der Waals surface area contributed by atoms with Crippen LogP contribution < -0.4 is 5.32 Å². The number of rotatable bonds is 4. The number of nitrogens with zero attached hydrogens (tertiary/aromatic N) is 2. The fourth-order valence-corrected chi connectivity index (χ4v) is 2.63. The van der Waals surface area contributed by atoms with Crippen molar-refractivity contribution in [3.8, 4) is 0 Å². The molecule has 0 unspecified atom stereocenters. The zero-order valence-corrected chi connectivity index (χ0v) is 11.7. The van der Waals surface area contributed by atoms with Gasteiger partial charge in [0, 0.05) is 24.7 Å². The molecule has 1 aliphatic rings. The lowest BCUT2D eigenvalue weighted by molar-refractivity contribution is -0.384. The molecule has 5 nitrogen and oxygen atoms in total. The predicted molar refractivity (Wildman–Crippen MR) is 75.5 cm³/mol. The van der Waals surface area contributed by atoms with Crippen molar-refractivity contribution in [1.29, 1.82) is 0 Å². The number of nitro groups is 1.